The Morgan fingerprint density at radius 3 is 2.90 bits per heavy atom. The van der Waals surface area contributed by atoms with Crippen molar-refractivity contribution in [2.45, 2.75) is 6.92 Å². The highest BCUT2D eigenvalue weighted by atomic mass is 79.9. The van der Waals surface area contributed by atoms with E-state index in [2.05, 4.69) is 31.2 Å². The number of nitrogens with zero attached hydrogens (tertiary/aromatic N) is 1. The third-order valence-electron chi connectivity index (χ3n) is 3.12. The minimum atomic E-state index is -0.139. The summed E-state index contributed by atoms with van der Waals surface area (Å²) in [5, 5.41) is 3.90. The molecule has 4 nitrogen and oxygen atoms in total. The number of hydrogen-bond donors (Lipinski definition) is 2. The van der Waals surface area contributed by atoms with Crippen molar-refractivity contribution in [1.29, 1.82) is 0 Å². The third kappa shape index (κ3) is 2.44. The predicted molar refractivity (Wildman–Crippen MR) is 82.9 cm³/mol. The molecular weight excluding hydrogens is 318 g/mol. The molecule has 1 amide bonds. The topological polar surface area (TPSA) is 57.8 Å². The molecule has 3 aromatic rings. The van der Waals surface area contributed by atoms with Gasteiger partial charge in [0.25, 0.3) is 5.91 Å². The zero-order valence-electron chi connectivity index (χ0n) is 10.8. The van der Waals surface area contributed by atoms with Crippen LogP contribution in [0.4, 0.5) is 5.69 Å². The number of amides is 1. The molecule has 100 valence electrons. The van der Waals surface area contributed by atoms with Crippen LogP contribution in [0, 0.1) is 6.92 Å². The fraction of sp³-hybridized carbons (Fsp3) is 0.0667. The first-order valence-electron chi connectivity index (χ1n) is 6.15. The summed E-state index contributed by atoms with van der Waals surface area (Å²) in [5.41, 5.74) is 3.13. The van der Waals surface area contributed by atoms with E-state index in [1.807, 2.05) is 37.4 Å². The largest absolute Gasteiger partial charge is 0.361 e. The fourth-order valence-corrected chi connectivity index (χ4v) is 2.45. The Morgan fingerprint density at radius 2 is 2.10 bits per heavy atom. The van der Waals surface area contributed by atoms with Crippen LogP contribution in [0.5, 0.6) is 0 Å². The molecule has 2 N–H and O–H groups in total. The number of benzene rings is 1. The maximum absolute atomic E-state index is 12.3. The molecule has 2 heterocycles. The summed E-state index contributed by atoms with van der Waals surface area (Å²) in [6.07, 6.45) is 1.86. The Hall–Kier alpha value is -2.14. The molecule has 0 aliphatic heterocycles. The number of H-pyrrole nitrogens is 1. The molecule has 0 aliphatic rings. The SMILES string of the molecule is Cc1nc(Br)ccc1NC(=O)c1ccc2[nH]ccc2c1. The smallest absolute Gasteiger partial charge is 0.255 e. The highest BCUT2D eigenvalue weighted by Gasteiger charge is 2.09. The number of rotatable bonds is 2. The molecule has 3 rings (SSSR count). The molecule has 1 aromatic carbocycles. The monoisotopic (exact) mass is 329 g/mol. The number of aryl methyl sites for hydroxylation is 1. The average molecular weight is 330 g/mol. The van der Waals surface area contributed by atoms with Crippen LogP contribution in [0.1, 0.15) is 16.1 Å². The third-order valence-corrected chi connectivity index (χ3v) is 3.56. The Morgan fingerprint density at radius 1 is 1.25 bits per heavy atom. The van der Waals surface area contributed by atoms with Crippen molar-refractivity contribution in [2.24, 2.45) is 0 Å². The number of fused-ring (bicyclic) bond motifs is 1. The second-order valence-electron chi connectivity index (χ2n) is 4.50. The van der Waals surface area contributed by atoms with Gasteiger partial charge in [-0.05, 0) is 59.3 Å². The predicted octanol–water partition coefficient (Wildman–Crippen LogP) is 3.89. The van der Waals surface area contributed by atoms with E-state index >= 15 is 0 Å². The summed E-state index contributed by atoms with van der Waals surface area (Å²) in [7, 11) is 0. The van der Waals surface area contributed by atoms with E-state index in [4.69, 9.17) is 0 Å². The quantitative estimate of drug-likeness (QED) is 0.701. The van der Waals surface area contributed by atoms with Crippen molar-refractivity contribution >= 4 is 38.4 Å². The van der Waals surface area contributed by atoms with E-state index < -0.39 is 0 Å². The first kappa shape index (κ1) is 12.9. The van der Waals surface area contributed by atoms with Gasteiger partial charge in [0.15, 0.2) is 0 Å². The van der Waals surface area contributed by atoms with Crippen molar-refractivity contribution in [2.75, 3.05) is 5.32 Å². The number of halogens is 1. The molecule has 0 aliphatic carbocycles. The van der Waals surface area contributed by atoms with Crippen LogP contribution in [-0.4, -0.2) is 15.9 Å². The van der Waals surface area contributed by atoms with Crippen LogP contribution in [0.25, 0.3) is 10.9 Å². The molecule has 0 unspecified atom stereocenters. The maximum atomic E-state index is 12.3. The Labute approximate surface area is 124 Å². The minimum absolute atomic E-state index is 0.139. The molecule has 2 aromatic heterocycles. The van der Waals surface area contributed by atoms with Gasteiger partial charge in [-0.1, -0.05) is 0 Å². The van der Waals surface area contributed by atoms with Crippen molar-refractivity contribution in [3.8, 4) is 0 Å². The Bertz CT molecular complexity index is 795. The average Bonchev–Trinajstić information content (AvgIpc) is 2.89. The van der Waals surface area contributed by atoms with Gasteiger partial charge >= 0.3 is 0 Å². The number of hydrogen-bond acceptors (Lipinski definition) is 2. The zero-order valence-corrected chi connectivity index (χ0v) is 12.4. The molecule has 0 saturated carbocycles. The second-order valence-corrected chi connectivity index (χ2v) is 5.31. The second kappa shape index (κ2) is 5.09. The first-order valence-corrected chi connectivity index (χ1v) is 6.94. The lowest BCUT2D eigenvalue weighted by Crippen LogP contribution is -2.13. The summed E-state index contributed by atoms with van der Waals surface area (Å²) in [6.45, 7) is 1.86. The lowest BCUT2D eigenvalue weighted by molar-refractivity contribution is 0.102. The van der Waals surface area contributed by atoms with Gasteiger partial charge in [0.1, 0.15) is 4.60 Å². The molecule has 0 fully saturated rings. The van der Waals surface area contributed by atoms with E-state index in [0.717, 1.165) is 21.2 Å². The van der Waals surface area contributed by atoms with Crippen molar-refractivity contribution in [3.63, 3.8) is 0 Å². The van der Waals surface area contributed by atoms with Crippen molar-refractivity contribution < 1.29 is 4.79 Å². The molecular formula is C15H12BrN3O. The Kier molecular flexibility index (Phi) is 3.28. The van der Waals surface area contributed by atoms with Crippen LogP contribution in [0.15, 0.2) is 47.2 Å². The molecule has 0 spiro atoms. The normalized spacial score (nSPS) is 10.7. The summed E-state index contributed by atoms with van der Waals surface area (Å²) in [5.74, 6) is -0.139. The van der Waals surface area contributed by atoms with E-state index in [-0.39, 0.29) is 5.91 Å². The molecule has 0 radical (unpaired) electrons. The summed E-state index contributed by atoms with van der Waals surface area (Å²) in [6, 6.07) is 11.1. The van der Waals surface area contributed by atoms with Crippen LogP contribution in [0.3, 0.4) is 0 Å². The zero-order chi connectivity index (χ0) is 14.1. The lowest BCUT2D eigenvalue weighted by atomic mass is 10.1. The van der Waals surface area contributed by atoms with E-state index in [0.29, 0.717) is 11.3 Å². The summed E-state index contributed by atoms with van der Waals surface area (Å²) in [4.78, 5) is 19.6. The number of anilines is 1. The summed E-state index contributed by atoms with van der Waals surface area (Å²) < 4.78 is 0.752. The fourth-order valence-electron chi connectivity index (χ4n) is 2.05. The number of aromatic amines is 1. The molecule has 0 bridgehead atoms. The van der Waals surface area contributed by atoms with Gasteiger partial charge in [-0.25, -0.2) is 4.98 Å². The molecule has 20 heavy (non-hydrogen) atoms. The number of nitrogens with one attached hydrogen (secondary N) is 2. The minimum Gasteiger partial charge on any atom is -0.361 e. The van der Waals surface area contributed by atoms with Crippen LogP contribution >= 0.6 is 15.9 Å². The van der Waals surface area contributed by atoms with Gasteiger partial charge in [-0.3, -0.25) is 4.79 Å². The molecule has 5 heteroatoms. The van der Waals surface area contributed by atoms with E-state index in [1.165, 1.54) is 0 Å². The van der Waals surface area contributed by atoms with Gasteiger partial charge < -0.3 is 10.3 Å². The van der Waals surface area contributed by atoms with Gasteiger partial charge in [-0.15, -0.1) is 0 Å². The standard InChI is InChI=1S/C15H12BrN3O/c1-9-12(4-5-14(16)18-9)19-15(20)11-2-3-13-10(8-11)6-7-17-13/h2-8,17H,1H3,(H,19,20). The molecule has 0 saturated heterocycles. The van der Waals surface area contributed by atoms with Crippen molar-refractivity contribution in [3.05, 3.63) is 58.5 Å². The van der Waals surface area contributed by atoms with Crippen LogP contribution < -0.4 is 5.32 Å². The number of carbonyl (C=O) groups is 1. The number of carbonyl (C=O) groups excluding carboxylic acids is 1. The number of pyridine rings is 1. The van der Waals surface area contributed by atoms with Gasteiger partial charge in [0.05, 0.1) is 11.4 Å². The highest BCUT2D eigenvalue weighted by Crippen LogP contribution is 2.19. The van der Waals surface area contributed by atoms with Crippen LogP contribution in [-0.2, 0) is 0 Å². The van der Waals surface area contributed by atoms with Gasteiger partial charge in [0.2, 0.25) is 0 Å². The highest BCUT2D eigenvalue weighted by molar-refractivity contribution is 9.10. The Balaban J connectivity index is 1.88. The first-order chi connectivity index (χ1) is 9.63. The summed E-state index contributed by atoms with van der Waals surface area (Å²) >= 11 is 3.30. The van der Waals surface area contributed by atoms with E-state index in [1.54, 1.807) is 12.1 Å². The van der Waals surface area contributed by atoms with Crippen molar-refractivity contribution in [1.82, 2.24) is 9.97 Å². The maximum Gasteiger partial charge on any atom is 0.255 e. The van der Waals surface area contributed by atoms with Gasteiger partial charge in [-0.2, -0.15) is 0 Å². The van der Waals surface area contributed by atoms with Gasteiger partial charge in [0, 0.05) is 22.7 Å². The molecule has 0 atom stereocenters. The van der Waals surface area contributed by atoms with E-state index in [9.17, 15) is 4.79 Å². The number of aromatic nitrogens is 2. The van der Waals surface area contributed by atoms with Crippen LogP contribution in [0.2, 0.25) is 0 Å². The lowest BCUT2D eigenvalue weighted by Gasteiger charge is -2.08.